The number of rotatable bonds is 11. The van der Waals surface area contributed by atoms with Gasteiger partial charge in [-0.25, -0.2) is 0 Å². The predicted octanol–water partition coefficient (Wildman–Crippen LogP) is 3.34. The highest BCUT2D eigenvalue weighted by Crippen LogP contribution is 2.26. The van der Waals surface area contributed by atoms with E-state index in [1.54, 1.807) is 32.3 Å². The molecule has 3 N–H and O–H groups in total. The molecule has 0 aromatic heterocycles. The number of hydrogen-bond acceptors (Lipinski definition) is 4. The van der Waals surface area contributed by atoms with Gasteiger partial charge in [-0.2, -0.15) is 8.78 Å². The first-order chi connectivity index (χ1) is 15.5. The Labute approximate surface area is 187 Å². The Balaban J connectivity index is 1.93. The number of hydrogen-bond donors (Lipinski definition) is 3. The molecule has 1 amide bonds. The van der Waals surface area contributed by atoms with E-state index in [9.17, 15) is 13.6 Å². The van der Waals surface area contributed by atoms with Crippen molar-refractivity contribution in [1.29, 1.82) is 0 Å². The molecule has 0 spiro atoms. The van der Waals surface area contributed by atoms with Crippen LogP contribution in [0.5, 0.6) is 11.5 Å². The summed E-state index contributed by atoms with van der Waals surface area (Å²) >= 11 is 0. The van der Waals surface area contributed by atoms with E-state index in [-0.39, 0.29) is 18.2 Å². The van der Waals surface area contributed by atoms with Crippen molar-refractivity contribution in [3.8, 4) is 11.5 Å². The van der Waals surface area contributed by atoms with Gasteiger partial charge >= 0.3 is 6.61 Å². The highest BCUT2D eigenvalue weighted by atomic mass is 19.3. The highest BCUT2D eigenvalue weighted by molar-refractivity contribution is 5.94. The van der Waals surface area contributed by atoms with Crippen molar-refractivity contribution >= 4 is 11.9 Å². The Bertz CT molecular complexity index is 907. The Kier molecular flexibility index (Phi) is 10.2. The van der Waals surface area contributed by atoms with Gasteiger partial charge in [-0.15, -0.1) is 0 Å². The first-order valence-corrected chi connectivity index (χ1v) is 10.4. The van der Waals surface area contributed by atoms with E-state index in [1.165, 1.54) is 6.07 Å². The van der Waals surface area contributed by atoms with Crippen molar-refractivity contribution < 1.29 is 23.0 Å². The number of carbonyl (C=O) groups is 1. The van der Waals surface area contributed by atoms with Crippen LogP contribution < -0.4 is 25.4 Å². The van der Waals surface area contributed by atoms with Gasteiger partial charge in [-0.05, 0) is 42.7 Å². The number of amides is 1. The van der Waals surface area contributed by atoms with E-state index in [2.05, 4.69) is 25.7 Å². The maximum atomic E-state index is 12.8. The number of carbonyl (C=O) groups excluding carboxylic acids is 1. The topological polar surface area (TPSA) is 84.0 Å². The van der Waals surface area contributed by atoms with Crippen molar-refractivity contribution in [2.75, 3.05) is 27.2 Å². The molecule has 0 radical (unpaired) electrons. The van der Waals surface area contributed by atoms with Crippen LogP contribution in [0.1, 0.15) is 34.8 Å². The van der Waals surface area contributed by atoms with E-state index in [0.717, 1.165) is 12.0 Å². The number of alkyl halides is 2. The van der Waals surface area contributed by atoms with Gasteiger partial charge in [0.2, 0.25) is 0 Å². The summed E-state index contributed by atoms with van der Waals surface area (Å²) in [5, 5.41) is 8.88. The summed E-state index contributed by atoms with van der Waals surface area (Å²) in [5.74, 6) is 0.919. The normalized spacial score (nSPS) is 11.2. The largest absolute Gasteiger partial charge is 0.493 e. The first-order valence-electron chi connectivity index (χ1n) is 10.4. The summed E-state index contributed by atoms with van der Waals surface area (Å²) < 4.78 is 35.8. The Morgan fingerprint density at radius 3 is 2.66 bits per heavy atom. The molecule has 174 valence electrons. The van der Waals surface area contributed by atoms with Gasteiger partial charge in [0, 0.05) is 44.4 Å². The van der Waals surface area contributed by atoms with E-state index < -0.39 is 6.61 Å². The summed E-state index contributed by atoms with van der Waals surface area (Å²) in [6.07, 6.45) is 1.49. The zero-order valence-corrected chi connectivity index (χ0v) is 18.6. The van der Waals surface area contributed by atoms with Crippen LogP contribution >= 0.6 is 0 Å². The second-order valence-electron chi connectivity index (χ2n) is 6.88. The summed E-state index contributed by atoms with van der Waals surface area (Å²) in [6, 6.07) is 12.3. The lowest BCUT2D eigenvalue weighted by molar-refractivity contribution is -0.0505. The molecule has 7 nitrogen and oxygen atoms in total. The second-order valence-corrected chi connectivity index (χ2v) is 6.88. The number of benzene rings is 2. The van der Waals surface area contributed by atoms with Gasteiger partial charge in [0.15, 0.2) is 5.96 Å². The van der Waals surface area contributed by atoms with Crippen LogP contribution in [0.4, 0.5) is 8.78 Å². The van der Waals surface area contributed by atoms with Gasteiger partial charge in [-0.1, -0.05) is 19.1 Å². The van der Waals surface area contributed by atoms with Crippen LogP contribution in [0.25, 0.3) is 0 Å². The minimum atomic E-state index is -2.93. The Hall–Kier alpha value is -3.36. The number of nitrogens with zero attached hydrogens (tertiary/aromatic N) is 1. The fourth-order valence-corrected chi connectivity index (χ4v) is 2.93. The summed E-state index contributed by atoms with van der Waals surface area (Å²) in [7, 11) is 3.22. The summed E-state index contributed by atoms with van der Waals surface area (Å²) in [4.78, 5) is 15.9. The molecule has 2 aromatic carbocycles. The molecule has 9 heteroatoms. The monoisotopic (exact) mass is 448 g/mol. The maximum absolute atomic E-state index is 12.8. The van der Waals surface area contributed by atoms with Gasteiger partial charge in [0.1, 0.15) is 11.5 Å². The molecule has 0 bridgehead atoms. The summed E-state index contributed by atoms with van der Waals surface area (Å²) in [5.41, 5.74) is 2.16. The highest BCUT2D eigenvalue weighted by Gasteiger charge is 2.12. The molecule has 0 heterocycles. The SMILES string of the molecule is CCCOc1ccc(CNC(=NC)NCCc2cccc(C(=O)NC)c2)c(OC(F)F)c1. The minimum Gasteiger partial charge on any atom is -0.493 e. The quantitative estimate of drug-likeness (QED) is 0.363. The lowest BCUT2D eigenvalue weighted by Crippen LogP contribution is -2.38. The molecule has 2 rings (SSSR count). The standard InChI is InChI=1S/C23H30F2N4O3/c1-4-12-31-19-9-8-18(20(14-19)32-22(24)25)15-29-23(27-3)28-11-10-16-6-5-7-17(13-16)21(30)26-2/h5-9,13-14,22H,4,10-12,15H2,1-3H3,(H,26,30)(H2,27,28,29). The van der Waals surface area contributed by atoms with Crippen LogP contribution in [0, 0.1) is 0 Å². The third kappa shape index (κ3) is 8.05. The van der Waals surface area contributed by atoms with E-state index in [0.29, 0.717) is 42.4 Å². The zero-order chi connectivity index (χ0) is 23.3. The molecule has 0 saturated carbocycles. The average molecular weight is 449 g/mol. The fraction of sp³-hybridized carbons (Fsp3) is 0.391. The smallest absolute Gasteiger partial charge is 0.387 e. The first kappa shape index (κ1) is 24.9. The molecule has 0 aliphatic rings. The Morgan fingerprint density at radius 1 is 1.16 bits per heavy atom. The third-order valence-corrected chi connectivity index (χ3v) is 4.52. The van der Waals surface area contributed by atoms with Crippen molar-refractivity contribution in [2.45, 2.75) is 32.9 Å². The molecule has 0 atom stereocenters. The molecule has 2 aromatic rings. The zero-order valence-electron chi connectivity index (χ0n) is 18.6. The molecular weight excluding hydrogens is 418 g/mol. The molecule has 0 unspecified atom stereocenters. The number of aliphatic imine (C=N–C) groups is 1. The van der Waals surface area contributed by atoms with Gasteiger partial charge < -0.3 is 25.4 Å². The van der Waals surface area contributed by atoms with Crippen LogP contribution in [0.2, 0.25) is 0 Å². The van der Waals surface area contributed by atoms with Crippen molar-refractivity contribution in [1.82, 2.24) is 16.0 Å². The lowest BCUT2D eigenvalue weighted by Gasteiger charge is -2.16. The number of nitrogens with one attached hydrogen (secondary N) is 3. The van der Waals surface area contributed by atoms with Crippen LogP contribution in [-0.4, -0.2) is 45.7 Å². The number of ether oxygens (including phenoxy) is 2. The molecule has 0 fully saturated rings. The van der Waals surface area contributed by atoms with Crippen molar-refractivity contribution in [3.63, 3.8) is 0 Å². The van der Waals surface area contributed by atoms with Crippen molar-refractivity contribution in [3.05, 3.63) is 59.2 Å². The van der Waals surface area contributed by atoms with Gasteiger partial charge in [0.05, 0.1) is 6.61 Å². The number of guanidine groups is 1. The van der Waals surface area contributed by atoms with E-state index in [1.807, 2.05) is 25.1 Å². The summed E-state index contributed by atoms with van der Waals surface area (Å²) in [6.45, 7) is 0.335. The molecule has 32 heavy (non-hydrogen) atoms. The van der Waals surface area contributed by atoms with Crippen LogP contribution in [-0.2, 0) is 13.0 Å². The molecular formula is C23H30F2N4O3. The Morgan fingerprint density at radius 2 is 1.97 bits per heavy atom. The number of halogens is 2. The fourth-order valence-electron chi connectivity index (χ4n) is 2.93. The van der Waals surface area contributed by atoms with Crippen LogP contribution in [0.3, 0.4) is 0 Å². The second kappa shape index (κ2) is 13.1. The molecule has 0 aliphatic heterocycles. The maximum Gasteiger partial charge on any atom is 0.387 e. The van der Waals surface area contributed by atoms with Crippen molar-refractivity contribution in [2.24, 2.45) is 4.99 Å². The van der Waals surface area contributed by atoms with Gasteiger partial charge in [0.25, 0.3) is 5.91 Å². The third-order valence-electron chi connectivity index (χ3n) is 4.52. The van der Waals surface area contributed by atoms with Crippen LogP contribution in [0.15, 0.2) is 47.5 Å². The molecule has 0 saturated heterocycles. The lowest BCUT2D eigenvalue weighted by atomic mass is 10.1. The van der Waals surface area contributed by atoms with E-state index in [4.69, 9.17) is 4.74 Å². The molecule has 0 aliphatic carbocycles. The predicted molar refractivity (Wildman–Crippen MR) is 121 cm³/mol. The minimum absolute atomic E-state index is 0.0579. The van der Waals surface area contributed by atoms with Gasteiger partial charge in [-0.3, -0.25) is 9.79 Å². The average Bonchev–Trinajstić information content (AvgIpc) is 2.80. The van der Waals surface area contributed by atoms with E-state index >= 15 is 0 Å².